The molecule has 3 saturated carbocycles. The normalized spacial score (nSPS) is 44.7. The van der Waals surface area contributed by atoms with Crippen LogP contribution in [0, 0.1) is 45.8 Å². The first-order valence-corrected chi connectivity index (χ1v) is 11.8. The number of aliphatic carboxylic acids is 1. The van der Waals surface area contributed by atoms with Gasteiger partial charge in [-0.25, -0.2) is 0 Å². The summed E-state index contributed by atoms with van der Waals surface area (Å²) in [5.74, 6) is -0.600. The predicted octanol–water partition coefficient (Wildman–Crippen LogP) is 5.02. The second-order valence-corrected chi connectivity index (χ2v) is 10.7. The zero-order valence-corrected chi connectivity index (χ0v) is 19.1. The summed E-state index contributed by atoms with van der Waals surface area (Å²) in [6.45, 7) is 9.26. The lowest BCUT2D eigenvalue weighted by Crippen LogP contribution is -2.63. The number of carbonyl (C=O) groups is 2. The smallest absolute Gasteiger partial charge is 0.315 e. The van der Waals surface area contributed by atoms with E-state index in [4.69, 9.17) is 10.3 Å². The highest BCUT2D eigenvalue weighted by Crippen LogP contribution is 2.82. The number of fused-ring (bicyclic) bond motifs is 2. The lowest BCUT2D eigenvalue weighted by atomic mass is 9.43. The van der Waals surface area contributed by atoms with E-state index in [0.29, 0.717) is 32.5 Å². The lowest BCUT2D eigenvalue weighted by Gasteiger charge is -2.58. The lowest BCUT2D eigenvalue weighted by molar-refractivity contribution is -0.186. The molecule has 0 aromatic rings. The fourth-order valence-corrected chi connectivity index (χ4v) is 8.33. The number of hydrogen-bond acceptors (Lipinski definition) is 4. The van der Waals surface area contributed by atoms with Crippen molar-refractivity contribution in [1.82, 2.24) is 0 Å². The number of azide groups is 1. The molecule has 0 aliphatic heterocycles. The predicted molar refractivity (Wildman–Crippen MR) is 116 cm³/mol. The van der Waals surface area contributed by atoms with E-state index in [-0.39, 0.29) is 35.6 Å². The van der Waals surface area contributed by atoms with Gasteiger partial charge in [0.05, 0.1) is 12.0 Å². The Morgan fingerprint density at radius 3 is 2.77 bits per heavy atom. The average molecular weight is 430 g/mol. The van der Waals surface area contributed by atoms with Gasteiger partial charge in [0.1, 0.15) is 11.7 Å². The van der Waals surface area contributed by atoms with Crippen LogP contribution in [0.15, 0.2) is 16.8 Å². The highest BCUT2D eigenvalue weighted by molar-refractivity contribution is 5.90. The zero-order valence-electron chi connectivity index (χ0n) is 19.1. The number of hydrogen-bond donors (Lipinski definition) is 1. The largest absolute Gasteiger partial charge is 0.481 e. The van der Waals surface area contributed by atoms with E-state index in [1.807, 2.05) is 13.8 Å². The molecule has 0 aromatic heterocycles. The van der Waals surface area contributed by atoms with Crippen molar-refractivity contribution < 1.29 is 19.4 Å². The Labute approximate surface area is 184 Å². The molecule has 0 spiro atoms. The molecule has 0 saturated heterocycles. The van der Waals surface area contributed by atoms with Gasteiger partial charge in [-0.05, 0) is 60.8 Å². The molecule has 0 aromatic carbocycles. The number of carbonyl (C=O) groups excluding carboxylic acids is 1. The molecule has 170 valence electrons. The SMILES string of the molecule is CCCCOC[C@]12CC3C(C)C(N=[N+]=[N-])CC3[C@@]3(C=O)CC1C=C(C(C)C)[C@@]23C(=O)O. The third kappa shape index (κ3) is 2.53. The van der Waals surface area contributed by atoms with Crippen molar-refractivity contribution in [2.24, 2.45) is 50.9 Å². The van der Waals surface area contributed by atoms with Crippen LogP contribution in [0.2, 0.25) is 0 Å². The van der Waals surface area contributed by atoms with Crippen LogP contribution in [0.25, 0.3) is 10.4 Å². The Balaban J connectivity index is 1.89. The minimum atomic E-state index is -1.24. The maximum absolute atomic E-state index is 13.3. The molecule has 7 nitrogen and oxygen atoms in total. The summed E-state index contributed by atoms with van der Waals surface area (Å²) in [6, 6.07) is -0.190. The Kier molecular flexibility index (Phi) is 5.50. The van der Waals surface area contributed by atoms with Crippen LogP contribution >= 0.6 is 0 Å². The summed E-state index contributed by atoms with van der Waals surface area (Å²) in [6.07, 6.45) is 6.98. The van der Waals surface area contributed by atoms with Gasteiger partial charge in [-0.1, -0.05) is 50.9 Å². The molecule has 31 heavy (non-hydrogen) atoms. The quantitative estimate of drug-likeness (QED) is 0.138. The third-order valence-corrected chi connectivity index (χ3v) is 9.44. The van der Waals surface area contributed by atoms with Gasteiger partial charge in [0, 0.05) is 23.0 Å². The topological polar surface area (TPSA) is 112 Å². The Hall–Kier alpha value is -1.85. The van der Waals surface area contributed by atoms with Gasteiger partial charge in [-0.3, -0.25) is 4.79 Å². The van der Waals surface area contributed by atoms with E-state index in [0.717, 1.165) is 24.7 Å². The van der Waals surface area contributed by atoms with Crippen LogP contribution in [0.3, 0.4) is 0 Å². The van der Waals surface area contributed by atoms with Crippen molar-refractivity contribution >= 4 is 12.3 Å². The van der Waals surface area contributed by atoms with E-state index in [9.17, 15) is 14.7 Å². The number of allylic oxidation sites excluding steroid dienone is 1. The maximum Gasteiger partial charge on any atom is 0.315 e. The zero-order chi connectivity index (χ0) is 22.6. The number of nitrogens with zero attached hydrogens (tertiary/aromatic N) is 3. The van der Waals surface area contributed by atoms with E-state index in [1.165, 1.54) is 0 Å². The Morgan fingerprint density at radius 1 is 1.45 bits per heavy atom. The molecule has 4 rings (SSSR count). The van der Waals surface area contributed by atoms with Crippen molar-refractivity contribution in [3.63, 3.8) is 0 Å². The Bertz CT molecular complexity index is 850. The second-order valence-electron chi connectivity index (χ2n) is 10.7. The van der Waals surface area contributed by atoms with Gasteiger partial charge < -0.3 is 14.6 Å². The first-order chi connectivity index (χ1) is 14.8. The van der Waals surface area contributed by atoms with Crippen LogP contribution in [0.1, 0.15) is 59.8 Å². The number of rotatable bonds is 9. The number of ether oxygens (including phenoxy) is 1. The molecular weight excluding hydrogens is 394 g/mol. The van der Waals surface area contributed by atoms with E-state index < -0.39 is 22.2 Å². The molecule has 5 unspecified atom stereocenters. The van der Waals surface area contributed by atoms with Crippen molar-refractivity contribution in [3.8, 4) is 0 Å². The molecule has 0 radical (unpaired) electrons. The third-order valence-electron chi connectivity index (χ3n) is 9.44. The average Bonchev–Trinajstić information content (AvgIpc) is 3.26. The van der Waals surface area contributed by atoms with Gasteiger partial charge >= 0.3 is 5.97 Å². The fourth-order valence-electron chi connectivity index (χ4n) is 8.33. The van der Waals surface area contributed by atoms with Crippen LogP contribution in [-0.2, 0) is 14.3 Å². The van der Waals surface area contributed by atoms with Crippen molar-refractivity contribution in [2.45, 2.75) is 65.8 Å². The first kappa shape index (κ1) is 22.3. The molecule has 4 bridgehead atoms. The van der Waals surface area contributed by atoms with Gasteiger partial charge in [0.15, 0.2) is 0 Å². The van der Waals surface area contributed by atoms with Crippen LogP contribution in [0.4, 0.5) is 0 Å². The van der Waals surface area contributed by atoms with E-state index >= 15 is 0 Å². The summed E-state index contributed by atoms with van der Waals surface area (Å²) >= 11 is 0. The highest BCUT2D eigenvalue weighted by Gasteiger charge is 2.84. The van der Waals surface area contributed by atoms with Crippen molar-refractivity contribution in [1.29, 1.82) is 0 Å². The Morgan fingerprint density at radius 2 is 2.19 bits per heavy atom. The van der Waals surface area contributed by atoms with E-state index in [1.54, 1.807) is 0 Å². The highest BCUT2D eigenvalue weighted by atomic mass is 16.5. The summed E-state index contributed by atoms with van der Waals surface area (Å²) in [4.78, 5) is 29.4. The van der Waals surface area contributed by atoms with Crippen LogP contribution in [0.5, 0.6) is 0 Å². The first-order valence-electron chi connectivity index (χ1n) is 11.8. The molecule has 0 amide bonds. The number of carboxylic acid groups (broad SMARTS) is 1. The molecule has 3 fully saturated rings. The molecule has 1 N–H and O–H groups in total. The summed E-state index contributed by atoms with van der Waals surface area (Å²) in [5, 5.41) is 14.9. The summed E-state index contributed by atoms with van der Waals surface area (Å²) < 4.78 is 6.17. The monoisotopic (exact) mass is 429 g/mol. The summed E-state index contributed by atoms with van der Waals surface area (Å²) in [7, 11) is 0. The molecule has 4 aliphatic rings. The number of unbranched alkanes of at least 4 members (excludes halogenated alkanes) is 1. The number of carboxylic acids is 1. The minimum absolute atomic E-state index is 0.0311. The van der Waals surface area contributed by atoms with E-state index in [2.05, 4.69) is 29.9 Å². The van der Waals surface area contributed by atoms with Crippen LogP contribution < -0.4 is 0 Å². The van der Waals surface area contributed by atoms with Gasteiger partial charge in [-0.15, -0.1) is 0 Å². The standard InChI is InChI=1S/C24H35N3O4/c1-5-6-7-31-13-23-11-17-15(4)20(26-27-25)9-19(17)22(12-28)10-16(23)8-18(14(2)3)24(22,23)21(29)30/h8,12,14-17,19-20H,5-7,9-11,13H2,1-4H3,(H,29,30)/t15?,16?,17?,19?,20?,22-,23+,24-/m0/s1. The minimum Gasteiger partial charge on any atom is -0.481 e. The fraction of sp³-hybridized carbons (Fsp3) is 0.833. The second kappa shape index (κ2) is 7.63. The summed E-state index contributed by atoms with van der Waals surface area (Å²) in [5.41, 5.74) is 7.15. The molecular formula is C24H35N3O4. The molecule has 8 atom stereocenters. The van der Waals surface area contributed by atoms with Gasteiger partial charge in [0.25, 0.3) is 0 Å². The van der Waals surface area contributed by atoms with Gasteiger partial charge in [0.2, 0.25) is 0 Å². The van der Waals surface area contributed by atoms with Crippen LogP contribution in [-0.4, -0.2) is 36.6 Å². The molecule has 7 heteroatoms. The van der Waals surface area contributed by atoms with Crippen molar-refractivity contribution in [3.05, 3.63) is 22.1 Å². The molecule has 4 aliphatic carbocycles. The number of aldehydes is 1. The van der Waals surface area contributed by atoms with Crippen molar-refractivity contribution in [2.75, 3.05) is 13.2 Å². The maximum atomic E-state index is 13.3. The van der Waals surface area contributed by atoms with Gasteiger partial charge in [-0.2, -0.15) is 0 Å². The molecule has 0 heterocycles.